The second kappa shape index (κ2) is 8.97. The summed E-state index contributed by atoms with van der Waals surface area (Å²) in [4.78, 5) is 0.0204. The zero-order valence-corrected chi connectivity index (χ0v) is 15.3. The summed E-state index contributed by atoms with van der Waals surface area (Å²) >= 11 is 5.82. The average molecular weight is 379 g/mol. The quantitative estimate of drug-likeness (QED) is 0.711. The maximum absolute atomic E-state index is 12.2. The Morgan fingerprint density at radius 2 is 1.96 bits per heavy atom. The molecule has 0 heterocycles. The number of hydrogen-bond donors (Lipinski definition) is 1. The van der Waals surface area contributed by atoms with Crippen molar-refractivity contribution in [3.63, 3.8) is 0 Å². The predicted molar refractivity (Wildman–Crippen MR) is 96.8 cm³/mol. The normalized spacial score (nSPS) is 12.5. The molecule has 1 unspecified atom stereocenters. The van der Waals surface area contributed by atoms with Crippen LogP contribution in [0.15, 0.2) is 53.4 Å². The maximum Gasteiger partial charge on any atom is 0.240 e. The third-order valence-corrected chi connectivity index (χ3v) is 5.41. The van der Waals surface area contributed by atoms with Gasteiger partial charge < -0.3 is 4.74 Å². The van der Waals surface area contributed by atoms with Gasteiger partial charge in [0.1, 0.15) is 6.07 Å². The lowest BCUT2D eigenvalue weighted by Gasteiger charge is -2.13. The Kier molecular flexibility index (Phi) is 6.97. The summed E-state index contributed by atoms with van der Waals surface area (Å²) in [5.74, 6) is 0. The molecular weight excluding hydrogens is 360 g/mol. The maximum atomic E-state index is 12.2. The summed E-state index contributed by atoms with van der Waals surface area (Å²) in [5.41, 5.74) is 1.21. The Bertz CT molecular complexity index is 848. The van der Waals surface area contributed by atoms with Crippen LogP contribution in [0.3, 0.4) is 0 Å². The zero-order chi connectivity index (χ0) is 18.3. The highest BCUT2D eigenvalue weighted by Gasteiger charge is 2.15. The number of nitrogens with zero attached hydrogens (tertiary/aromatic N) is 1. The Labute approximate surface area is 153 Å². The van der Waals surface area contributed by atoms with E-state index in [4.69, 9.17) is 21.6 Å². The average Bonchev–Trinajstić information content (AvgIpc) is 2.62. The number of nitriles is 1. The van der Waals surface area contributed by atoms with Gasteiger partial charge in [-0.1, -0.05) is 41.9 Å². The van der Waals surface area contributed by atoms with E-state index in [1.165, 1.54) is 18.2 Å². The lowest BCUT2D eigenvalue weighted by Crippen LogP contribution is -2.25. The molecule has 0 spiro atoms. The van der Waals surface area contributed by atoms with Gasteiger partial charge in [-0.15, -0.1) is 0 Å². The Morgan fingerprint density at radius 3 is 2.64 bits per heavy atom. The molecule has 0 saturated heterocycles. The molecule has 7 heteroatoms. The fourth-order valence-electron chi connectivity index (χ4n) is 2.20. The van der Waals surface area contributed by atoms with Crippen LogP contribution in [0.25, 0.3) is 0 Å². The molecule has 25 heavy (non-hydrogen) atoms. The molecule has 2 aromatic rings. The van der Waals surface area contributed by atoms with Crippen LogP contribution in [0.2, 0.25) is 5.02 Å². The SMILES string of the molecule is CC(OCCCNS(=O)(=O)c1ccc(Cl)c(C#N)c1)c1ccccc1. The van der Waals surface area contributed by atoms with Crippen LogP contribution in [-0.4, -0.2) is 21.6 Å². The summed E-state index contributed by atoms with van der Waals surface area (Å²) < 4.78 is 32.7. The summed E-state index contributed by atoms with van der Waals surface area (Å²) in [5, 5.41) is 9.16. The molecule has 5 nitrogen and oxygen atoms in total. The molecule has 1 atom stereocenters. The standard InChI is InChI=1S/C18H19ClN2O3S/c1-14(15-6-3-2-4-7-15)24-11-5-10-21-25(22,23)17-8-9-18(19)16(12-17)13-20/h2-4,6-9,12,14,21H,5,10-11H2,1H3. The van der Waals surface area contributed by atoms with Crippen molar-refractivity contribution < 1.29 is 13.2 Å². The third kappa shape index (κ3) is 5.55. The first-order valence-electron chi connectivity index (χ1n) is 7.80. The number of sulfonamides is 1. The monoisotopic (exact) mass is 378 g/mol. The van der Waals surface area contributed by atoms with Gasteiger partial charge in [-0.3, -0.25) is 0 Å². The lowest BCUT2D eigenvalue weighted by atomic mass is 10.1. The molecule has 0 amide bonds. The largest absolute Gasteiger partial charge is 0.374 e. The van der Waals surface area contributed by atoms with E-state index in [-0.39, 0.29) is 28.1 Å². The van der Waals surface area contributed by atoms with Crippen molar-refractivity contribution in [2.45, 2.75) is 24.3 Å². The van der Waals surface area contributed by atoms with Crippen molar-refractivity contribution in [1.29, 1.82) is 5.26 Å². The van der Waals surface area contributed by atoms with Crippen molar-refractivity contribution in [3.8, 4) is 6.07 Å². The van der Waals surface area contributed by atoms with Crippen LogP contribution in [-0.2, 0) is 14.8 Å². The minimum Gasteiger partial charge on any atom is -0.374 e. The zero-order valence-electron chi connectivity index (χ0n) is 13.8. The van der Waals surface area contributed by atoms with E-state index < -0.39 is 10.0 Å². The van der Waals surface area contributed by atoms with Crippen molar-refractivity contribution in [2.24, 2.45) is 0 Å². The topological polar surface area (TPSA) is 79.2 Å². The molecule has 132 valence electrons. The first-order chi connectivity index (χ1) is 11.9. The first kappa shape index (κ1) is 19.4. The Balaban J connectivity index is 1.82. The van der Waals surface area contributed by atoms with Gasteiger partial charge in [-0.2, -0.15) is 5.26 Å². The van der Waals surface area contributed by atoms with Gasteiger partial charge in [0.15, 0.2) is 0 Å². The fraction of sp³-hybridized carbons (Fsp3) is 0.278. The van der Waals surface area contributed by atoms with Gasteiger partial charge in [0.2, 0.25) is 10.0 Å². The molecule has 1 N–H and O–H groups in total. The minimum absolute atomic E-state index is 0.0204. The molecule has 0 aromatic heterocycles. The number of halogens is 1. The summed E-state index contributed by atoms with van der Waals surface area (Å²) in [6.45, 7) is 2.63. The molecule has 0 aliphatic heterocycles. The van der Waals surface area contributed by atoms with Crippen LogP contribution >= 0.6 is 11.6 Å². The summed E-state index contributed by atoms with van der Waals surface area (Å²) in [6, 6.07) is 15.7. The predicted octanol–water partition coefficient (Wildman–Crippen LogP) is 3.66. The van der Waals surface area contributed by atoms with Gasteiger partial charge in [0.05, 0.1) is 21.6 Å². The van der Waals surface area contributed by atoms with E-state index in [0.717, 1.165) is 5.56 Å². The molecule has 2 aromatic carbocycles. The molecule has 0 fully saturated rings. The number of ether oxygens (including phenoxy) is 1. The smallest absolute Gasteiger partial charge is 0.240 e. The molecule has 0 aliphatic carbocycles. The van der Waals surface area contributed by atoms with Crippen LogP contribution in [0.1, 0.15) is 30.6 Å². The van der Waals surface area contributed by atoms with Crippen molar-refractivity contribution in [2.75, 3.05) is 13.2 Å². The van der Waals surface area contributed by atoms with E-state index in [1.807, 2.05) is 43.3 Å². The highest BCUT2D eigenvalue weighted by molar-refractivity contribution is 7.89. The van der Waals surface area contributed by atoms with Gasteiger partial charge in [-0.05, 0) is 37.1 Å². The lowest BCUT2D eigenvalue weighted by molar-refractivity contribution is 0.0647. The minimum atomic E-state index is -3.68. The van der Waals surface area contributed by atoms with Crippen LogP contribution in [0.4, 0.5) is 0 Å². The van der Waals surface area contributed by atoms with E-state index in [2.05, 4.69) is 4.72 Å². The fourth-order valence-corrected chi connectivity index (χ4v) is 3.46. The van der Waals surface area contributed by atoms with Gasteiger partial charge in [0.25, 0.3) is 0 Å². The Hall–Kier alpha value is -1.91. The molecule has 0 radical (unpaired) electrons. The number of benzene rings is 2. The van der Waals surface area contributed by atoms with E-state index in [1.54, 1.807) is 0 Å². The van der Waals surface area contributed by atoms with Crippen LogP contribution in [0.5, 0.6) is 0 Å². The van der Waals surface area contributed by atoms with Crippen LogP contribution in [0, 0.1) is 11.3 Å². The molecule has 2 rings (SSSR count). The summed E-state index contributed by atoms with van der Waals surface area (Å²) in [7, 11) is -3.68. The molecule has 0 aliphatic rings. The second-order valence-electron chi connectivity index (χ2n) is 5.43. The second-order valence-corrected chi connectivity index (χ2v) is 7.60. The van der Waals surface area contributed by atoms with Gasteiger partial charge >= 0.3 is 0 Å². The third-order valence-electron chi connectivity index (χ3n) is 3.62. The highest BCUT2D eigenvalue weighted by atomic mass is 35.5. The number of hydrogen-bond acceptors (Lipinski definition) is 4. The van der Waals surface area contributed by atoms with E-state index in [9.17, 15) is 8.42 Å². The molecule has 0 bridgehead atoms. The van der Waals surface area contributed by atoms with Crippen molar-refractivity contribution in [3.05, 3.63) is 64.7 Å². The number of rotatable bonds is 8. The van der Waals surface area contributed by atoms with E-state index in [0.29, 0.717) is 13.0 Å². The van der Waals surface area contributed by atoms with Gasteiger partial charge in [0, 0.05) is 13.2 Å². The number of nitrogens with one attached hydrogen (secondary N) is 1. The van der Waals surface area contributed by atoms with Gasteiger partial charge in [-0.25, -0.2) is 13.1 Å². The first-order valence-corrected chi connectivity index (χ1v) is 9.66. The molecule has 0 saturated carbocycles. The highest BCUT2D eigenvalue weighted by Crippen LogP contribution is 2.19. The van der Waals surface area contributed by atoms with Crippen LogP contribution < -0.4 is 4.72 Å². The van der Waals surface area contributed by atoms with E-state index >= 15 is 0 Å². The van der Waals surface area contributed by atoms with Crippen molar-refractivity contribution in [1.82, 2.24) is 4.72 Å². The summed E-state index contributed by atoms with van der Waals surface area (Å²) in [6.07, 6.45) is 0.488. The Morgan fingerprint density at radius 1 is 1.24 bits per heavy atom. The van der Waals surface area contributed by atoms with Crippen molar-refractivity contribution >= 4 is 21.6 Å². The molecular formula is C18H19ClN2O3S.